The Bertz CT molecular complexity index is 728. The van der Waals surface area contributed by atoms with E-state index in [1.165, 1.54) is 25.7 Å². The van der Waals surface area contributed by atoms with Crippen molar-refractivity contribution < 1.29 is 4.79 Å². The van der Waals surface area contributed by atoms with Gasteiger partial charge in [-0.05, 0) is 49.1 Å². The second-order valence-electron chi connectivity index (χ2n) is 7.11. The lowest BCUT2D eigenvalue weighted by Gasteiger charge is -2.10. The summed E-state index contributed by atoms with van der Waals surface area (Å²) in [5, 5.41) is 17.5. The number of rotatable bonds is 9. The predicted molar refractivity (Wildman–Crippen MR) is 107 cm³/mol. The van der Waals surface area contributed by atoms with Gasteiger partial charge in [-0.2, -0.15) is 0 Å². The van der Waals surface area contributed by atoms with E-state index in [0.717, 1.165) is 23.7 Å². The predicted octanol–water partition coefficient (Wildman–Crippen LogP) is 3.42. The number of aromatic nitrogens is 3. The van der Waals surface area contributed by atoms with Crippen molar-refractivity contribution in [1.29, 1.82) is 0 Å². The second-order valence-corrected chi connectivity index (χ2v) is 7.11. The summed E-state index contributed by atoms with van der Waals surface area (Å²) in [6, 6.07) is 7.59. The Morgan fingerprint density at radius 2 is 1.85 bits per heavy atom. The molecule has 2 aromatic heterocycles. The highest BCUT2D eigenvalue weighted by Gasteiger charge is 2.15. The van der Waals surface area contributed by atoms with Crippen LogP contribution in [0, 0.1) is 12.8 Å². The van der Waals surface area contributed by atoms with Crippen LogP contribution in [0.4, 0.5) is 17.5 Å². The van der Waals surface area contributed by atoms with Crippen LogP contribution in [0.5, 0.6) is 0 Å². The van der Waals surface area contributed by atoms with Gasteiger partial charge in [0, 0.05) is 25.7 Å². The van der Waals surface area contributed by atoms with Crippen molar-refractivity contribution in [2.24, 2.45) is 5.92 Å². The van der Waals surface area contributed by atoms with Crippen LogP contribution in [-0.2, 0) is 4.79 Å². The van der Waals surface area contributed by atoms with E-state index in [2.05, 4.69) is 31.1 Å². The molecule has 2 heterocycles. The van der Waals surface area contributed by atoms with Gasteiger partial charge in [0.05, 0.1) is 0 Å². The summed E-state index contributed by atoms with van der Waals surface area (Å²) in [4.78, 5) is 16.1. The molecule has 0 radical (unpaired) electrons. The van der Waals surface area contributed by atoms with Gasteiger partial charge in [-0.3, -0.25) is 4.79 Å². The van der Waals surface area contributed by atoms with E-state index in [9.17, 15) is 4.79 Å². The normalized spacial score (nSPS) is 14.1. The number of carbonyl (C=O) groups is 1. The molecule has 7 nitrogen and oxygen atoms in total. The van der Waals surface area contributed by atoms with Crippen LogP contribution in [-0.4, -0.2) is 34.2 Å². The molecule has 7 heteroatoms. The number of carbonyl (C=O) groups excluding carboxylic acids is 1. The molecule has 27 heavy (non-hydrogen) atoms. The first-order valence-electron chi connectivity index (χ1n) is 9.73. The SMILES string of the molecule is Cc1ccnc(Nc2ccc(NCCNC(=O)CCC3CCCC3)nn2)c1. The molecule has 1 fully saturated rings. The van der Waals surface area contributed by atoms with E-state index in [1.807, 2.05) is 31.2 Å². The zero-order valence-electron chi connectivity index (χ0n) is 15.9. The molecule has 0 atom stereocenters. The third-order valence-electron chi connectivity index (χ3n) is 4.84. The smallest absolute Gasteiger partial charge is 0.220 e. The highest BCUT2D eigenvalue weighted by Crippen LogP contribution is 2.28. The minimum atomic E-state index is 0.139. The van der Waals surface area contributed by atoms with Crippen molar-refractivity contribution >= 4 is 23.4 Å². The molecular weight excluding hydrogens is 340 g/mol. The van der Waals surface area contributed by atoms with Gasteiger partial charge in [-0.1, -0.05) is 25.7 Å². The Labute approximate surface area is 160 Å². The first-order chi connectivity index (χ1) is 13.2. The Hall–Kier alpha value is -2.70. The zero-order valence-corrected chi connectivity index (χ0v) is 15.9. The molecule has 1 aliphatic carbocycles. The van der Waals surface area contributed by atoms with E-state index in [-0.39, 0.29) is 5.91 Å². The van der Waals surface area contributed by atoms with Crippen LogP contribution in [0.1, 0.15) is 44.1 Å². The lowest BCUT2D eigenvalue weighted by molar-refractivity contribution is -0.121. The van der Waals surface area contributed by atoms with Crippen molar-refractivity contribution in [3.8, 4) is 0 Å². The van der Waals surface area contributed by atoms with E-state index in [4.69, 9.17) is 0 Å². The second kappa shape index (κ2) is 9.85. The Balaban J connectivity index is 1.33. The fourth-order valence-corrected chi connectivity index (χ4v) is 3.34. The first-order valence-corrected chi connectivity index (χ1v) is 9.73. The van der Waals surface area contributed by atoms with Crippen LogP contribution in [0.15, 0.2) is 30.5 Å². The number of anilines is 3. The van der Waals surface area contributed by atoms with Gasteiger partial charge < -0.3 is 16.0 Å². The molecule has 0 bridgehead atoms. The number of pyridine rings is 1. The van der Waals surface area contributed by atoms with Gasteiger partial charge in [-0.25, -0.2) is 4.98 Å². The molecule has 0 saturated heterocycles. The summed E-state index contributed by atoms with van der Waals surface area (Å²) in [7, 11) is 0. The summed E-state index contributed by atoms with van der Waals surface area (Å²) >= 11 is 0. The van der Waals surface area contributed by atoms with Crippen molar-refractivity contribution in [1.82, 2.24) is 20.5 Å². The zero-order chi connectivity index (χ0) is 18.9. The number of amides is 1. The summed E-state index contributed by atoms with van der Waals surface area (Å²) < 4.78 is 0. The topological polar surface area (TPSA) is 91.8 Å². The van der Waals surface area contributed by atoms with Gasteiger partial charge in [0.1, 0.15) is 11.6 Å². The molecule has 2 aromatic rings. The maximum Gasteiger partial charge on any atom is 0.220 e. The minimum absolute atomic E-state index is 0.139. The van der Waals surface area contributed by atoms with E-state index >= 15 is 0 Å². The molecule has 0 spiro atoms. The first kappa shape index (κ1) is 19.1. The molecule has 3 N–H and O–H groups in total. The molecule has 1 amide bonds. The van der Waals surface area contributed by atoms with Crippen LogP contribution in [0.25, 0.3) is 0 Å². The van der Waals surface area contributed by atoms with Crippen LogP contribution < -0.4 is 16.0 Å². The quantitative estimate of drug-likeness (QED) is 0.588. The van der Waals surface area contributed by atoms with Crippen molar-refractivity contribution in [2.45, 2.75) is 45.4 Å². The van der Waals surface area contributed by atoms with Gasteiger partial charge in [0.2, 0.25) is 5.91 Å². The minimum Gasteiger partial charge on any atom is -0.367 e. The lowest BCUT2D eigenvalue weighted by Crippen LogP contribution is -2.29. The molecule has 1 saturated carbocycles. The van der Waals surface area contributed by atoms with Gasteiger partial charge in [0.15, 0.2) is 5.82 Å². The van der Waals surface area contributed by atoms with Gasteiger partial charge in [0.25, 0.3) is 0 Å². The molecule has 0 aliphatic heterocycles. The third-order valence-corrected chi connectivity index (χ3v) is 4.84. The standard InChI is InChI=1S/C20H28N6O/c1-15-10-11-21-19(14-15)24-18-8-7-17(25-26-18)22-12-13-23-20(27)9-6-16-4-2-3-5-16/h7-8,10-11,14,16H,2-6,9,12-13H2,1H3,(H,22,25)(H,23,27)(H,21,24,26). The van der Waals surface area contributed by atoms with Crippen molar-refractivity contribution in [2.75, 3.05) is 23.7 Å². The number of aryl methyl sites for hydroxylation is 1. The average molecular weight is 368 g/mol. The molecule has 0 aromatic carbocycles. The van der Waals surface area contributed by atoms with E-state index in [0.29, 0.717) is 31.1 Å². The number of nitrogens with one attached hydrogen (secondary N) is 3. The number of nitrogens with zero attached hydrogens (tertiary/aromatic N) is 3. The van der Waals surface area contributed by atoms with Gasteiger partial charge >= 0.3 is 0 Å². The maximum atomic E-state index is 11.9. The van der Waals surface area contributed by atoms with Crippen LogP contribution in [0.2, 0.25) is 0 Å². The van der Waals surface area contributed by atoms with Crippen molar-refractivity contribution in [3.63, 3.8) is 0 Å². The monoisotopic (exact) mass is 368 g/mol. The lowest BCUT2D eigenvalue weighted by atomic mass is 10.0. The fourth-order valence-electron chi connectivity index (χ4n) is 3.34. The fraction of sp³-hybridized carbons (Fsp3) is 0.500. The Kier molecular flexibility index (Phi) is 6.96. The van der Waals surface area contributed by atoms with E-state index in [1.54, 1.807) is 6.20 Å². The number of hydrogen-bond acceptors (Lipinski definition) is 6. The highest BCUT2D eigenvalue weighted by molar-refractivity contribution is 5.75. The Morgan fingerprint density at radius 3 is 2.59 bits per heavy atom. The molecule has 1 aliphatic rings. The Morgan fingerprint density at radius 1 is 1.07 bits per heavy atom. The average Bonchev–Trinajstić information content (AvgIpc) is 3.19. The van der Waals surface area contributed by atoms with E-state index < -0.39 is 0 Å². The summed E-state index contributed by atoms with van der Waals surface area (Å²) in [5.74, 6) is 2.95. The highest BCUT2D eigenvalue weighted by atomic mass is 16.1. The van der Waals surface area contributed by atoms with Crippen LogP contribution in [0.3, 0.4) is 0 Å². The molecule has 144 valence electrons. The third kappa shape index (κ3) is 6.51. The van der Waals surface area contributed by atoms with Crippen molar-refractivity contribution in [3.05, 3.63) is 36.0 Å². The maximum absolute atomic E-state index is 11.9. The summed E-state index contributed by atoms with van der Waals surface area (Å²) in [6.45, 7) is 3.22. The largest absolute Gasteiger partial charge is 0.367 e. The molecule has 0 unspecified atom stereocenters. The summed E-state index contributed by atoms with van der Waals surface area (Å²) in [5.41, 5.74) is 1.13. The molecular formula is C20H28N6O. The summed E-state index contributed by atoms with van der Waals surface area (Å²) in [6.07, 6.45) is 8.65. The number of hydrogen-bond donors (Lipinski definition) is 3. The van der Waals surface area contributed by atoms with Crippen LogP contribution >= 0.6 is 0 Å². The van der Waals surface area contributed by atoms with Gasteiger partial charge in [-0.15, -0.1) is 10.2 Å². The molecule has 3 rings (SSSR count).